The van der Waals surface area contributed by atoms with Gasteiger partial charge in [-0.05, 0) is 65.3 Å². The molecule has 2 aromatic rings. The Bertz CT molecular complexity index is 1130. The minimum Gasteiger partial charge on any atom is -0.461 e. The van der Waals surface area contributed by atoms with Gasteiger partial charge in [0.05, 0.1) is 23.8 Å². The van der Waals surface area contributed by atoms with E-state index in [1.54, 1.807) is 6.92 Å². The van der Waals surface area contributed by atoms with E-state index in [4.69, 9.17) is 4.74 Å². The first-order valence-electron chi connectivity index (χ1n) is 10.9. The van der Waals surface area contributed by atoms with E-state index >= 15 is 0 Å². The van der Waals surface area contributed by atoms with Crippen LogP contribution in [0.1, 0.15) is 81.3 Å². The zero-order chi connectivity index (χ0) is 27.7. The quantitative estimate of drug-likeness (QED) is 0.277. The predicted molar refractivity (Wildman–Crippen MR) is 118 cm³/mol. The number of halogens is 6. The highest BCUT2D eigenvalue weighted by molar-refractivity contribution is 6.07. The van der Waals surface area contributed by atoms with Gasteiger partial charge in [0.2, 0.25) is 0 Å². The van der Waals surface area contributed by atoms with Crippen LogP contribution >= 0.6 is 0 Å². The Kier molecular flexibility index (Phi) is 8.32. The number of nitrogens with one attached hydrogen (secondary N) is 1. The number of carbonyl (C=O) groups is 3. The van der Waals surface area contributed by atoms with E-state index in [1.165, 1.54) is 34.6 Å². The normalized spacial score (nSPS) is 13.0. The summed E-state index contributed by atoms with van der Waals surface area (Å²) in [6, 6.07) is -1.48. The molecule has 6 nitrogen and oxygen atoms in total. The lowest BCUT2D eigenvalue weighted by Crippen LogP contribution is -2.47. The molecule has 0 bridgehead atoms. The third kappa shape index (κ3) is 5.90. The van der Waals surface area contributed by atoms with Crippen molar-refractivity contribution in [3.8, 4) is 0 Å². The summed E-state index contributed by atoms with van der Waals surface area (Å²) in [6.07, 6.45) is -10.3. The van der Waals surface area contributed by atoms with Gasteiger partial charge in [-0.15, -0.1) is 0 Å². The summed E-state index contributed by atoms with van der Waals surface area (Å²) in [5, 5.41) is 0. The van der Waals surface area contributed by atoms with Crippen molar-refractivity contribution in [3.05, 3.63) is 57.4 Å². The molecule has 12 heteroatoms. The maximum Gasteiger partial charge on any atom is 0.416 e. The van der Waals surface area contributed by atoms with Gasteiger partial charge in [0.15, 0.2) is 5.78 Å². The minimum atomic E-state index is -5.14. The lowest BCUT2D eigenvalue weighted by molar-refractivity contribution is -0.143. The Morgan fingerprint density at radius 3 is 1.86 bits per heavy atom. The maximum atomic E-state index is 13.4. The number of alkyl halides is 6. The van der Waals surface area contributed by atoms with Crippen LogP contribution in [0.25, 0.3) is 0 Å². The number of esters is 1. The molecule has 0 saturated heterocycles. The Morgan fingerprint density at radius 2 is 1.44 bits per heavy atom. The molecule has 198 valence electrons. The van der Waals surface area contributed by atoms with Gasteiger partial charge in [0, 0.05) is 22.9 Å². The number of nitrogens with zero attached hydrogens (tertiary/aromatic N) is 1. The predicted octanol–water partition coefficient (Wildman–Crippen LogP) is 5.97. The van der Waals surface area contributed by atoms with E-state index in [0.29, 0.717) is 17.8 Å². The Morgan fingerprint density at radius 1 is 0.944 bits per heavy atom. The highest BCUT2D eigenvalue weighted by atomic mass is 19.4. The van der Waals surface area contributed by atoms with Crippen LogP contribution in [-0.2, 0) is 17.1 Å². The van der Waals surface area contributed by atoms with Crippen LogP contribution in [0.15, 0.2) is 18.2 Å². The average Bonchev–Trinajstić information content (AvgIpc) is 3.05. The third-order valence-corrected chi connectivity index (χ3v) is 5.59. The van der Waals surface area contributed by atoms with Gasteiger partial charge in [-0.1, -0.05) is 0 Å². The first-order valence-corrected chi connectivity index (χ1v) is 10.9. The highest BCUT2D eigenvalue weighted by Crippen LogP contribution is 2.37. The Hall–Kier alpha value is -3.31. The third-order valence-electron chi connectivity index (χ3n) is 5.59. The number of H-pyrrole nitrogens is 1. The average molecular weight is 520 g/mol. The molecule has 1 aromatic carbocycles. The number of aryl methyl sites for hydroxylation is 1. The van der Waals surface area contributed by atoms with E-state index in [1.807, 2.05) is 0 Å². The molecule has 36 heavy (non-hydrogen) atoms. The SMILES string of the molecule is CCOC(=O)c1[nH]c(C)c(C(=O)C(C)N(C(=O)c2cc(C(F)(F)F)cc(C(F)(F)F)c2)C(C)C)c1C. The van der Waals surface area contributed by atoms with Crippen LogP contribution < -0.4 is 0 Å². The monoisotopic (exact) mass is 520 g/mol. The fourth-order valence-corrected chi connectivity index (χ4v) is 3.95. The highest BCUT2D eigenvalue weighted by Gasteiger charge is 2.39. The van der Waals surface area contributed by atoms with E-state index in [-0.39, 0.29) is 29.5 Å². The molecular weight excluding hydrogens is 494 g/mol. The second-order valence-corrected chi connectivity index (χ2v) is 8.49. The van der Waals surface area contributed by atoms with Crippen LogP contribution in [0.2, 0.25) is 0 Å². The summed E-state index contributed by atoms with van der Waals surface area (Å²) in [7, 11) is 0. The van der Waals surface area contributed by atoms with Gasteiger partial charge >= 0.3 is 18.3 Å². The molecule has 1 heterocycles. The Balaban J connectivity index is 2.56. The number of hydrogen-bond donors (Lipinski definition) is 1. The minimum absolute atomic E-state index is 0.0278. The van der Waals surface area contributed by atoms with Crippen molar-refractivity contribution < 1.29 is 45.5 Å². The molecule has 0 radical (unpaired) electrons. The van der Waals surface area contributed by atoms with Crippen LogP contribution in [0.4, 0.5) is 26.3 Å². The number of Topliss-reactive ketones (excluding diaryl/α,β-unsaturated/α-hetero) is 1. The van der Waals surface area contributed by atoms with Crippen LogP contribution in [0, 0.1) is 13.8 Å². The maximum absolute atomic E-state index is 13.4. The number of rotatable bonds is 7. The molecule has 1 N–H and O–H groups in total. The second kappa shape index (κ2) is 10.4. The topological polar surface area (TPSA) is 79.5 Å². The van der Waals surface area contributed by atoms with Crippen molar-refractivity contribution in [1.82, 2.24) is 9.88 Å². The van der Waals surface area contributed by atoms with Crippen LogP contribution in [0.3, 0.4) is 0 Å². The fourth-order valence-electron chi connectivity index (χ4n) is 3.95. The molecule has 0 spiro atoms. The number of amides is 1. The standard InChI is InChI=1S/C24H26F6N2O4/c1-7-36-22(35)19-12(4)18(13(5)31-19)20(33)14(6)32(11(2)3)21(34)15-8-16(23(25,26)27)10-17(9-15)24(28,29)30/h8-11,14,31H,7H2,1-6H3. The number of ether oxygens (including phenoxy) is 1. The fraction of sp³-hybridized carbons (Fsp3) is 0.458. The lowest BCUT2D eigenvalue weighted by atomic mass is 9.97. The number of benzene rings is 1. The smallest absolute Gasteiger partial charge is 0.416 e. The Labute approximate surface area is 203 Å². The number of aromatic nitrogens is 1. The van der Waals surface area contributed by atoms with E-state index in [9.17, 15) is 40.7 Å². The number of hydrogen-bond acceptors (Lipinski definition) is 4. The number of ketones is 1. The van der Waals surface area contributed by atoms with Crippen molar-refractivity contribution in [1.29, 1.82) is 0 Å². The van der Waals surface area contributed by atoms with Crippen molar-refractivity contribution >= 4 is 17.7 Å². The van der Waals surface area contributed by atoms with Gasteiger partial charge in [0.1, 0.15) is 5.69 Å². The molecule has 2 rings (SSSR count). The lowest BCUT2D eigenvalue weighted by Gasteiger charge is -2.32. The van der Waals surface area contributed by atoms with E-state index in [0.717, 1.165) is 4.90 Å². The molecule has 0 aliphatic rings. The summed E-state index contributed by atoms with van der Waals surface area (Å²) in [5.74, 6) is -2.54. The molecule has 0 aliphatic heterocycles. The van der Waals surface area contributed by atoms with Crippen LogP contribution in [0.5, 0.6) is 0 Å². The molecular formula is C24H26F6N2O4. The van der Waals surface area contributed by atoms with Crippen molar-refractivity contribution in [2.75, 3.05) is 6.61 Å². The van der Waals surface area contributed by atoms with Gasteiger partial charge in [-0.2, -0.15) is 26.3 Å². The van der Waals surface area contributed by atoms with Crippen molar-refractivity contribution in [2.45, 2.75) is 66.0 Å². The second-order valence-electron chi connectivity index (χ2n) is 8.49. The largest absolute Gasteiger partial charge is 0.461 e. The molecule has 1 aromatic heterocycles. The summed E-state index contributed by atoms with van der Waals surface area (Å²) in [4.78, 5) is 42.5. The molecule has 0 saturated carbocycles. The summed E-state index contributed by atoms with van der Waals surface area (Å²) < 4.78 is 84.7. The first kappa shape index (κ1) is 28.9. The van der Waals surface area contributed by atoms with Crippen molar-refractivity contribution in [3.63, 3.8) is 0 Å². The number of aromatic amines is 1. The van der Waals surface area contributed by atoms with Crippen LogP contribution in [-0.4, -0.2) is 46.2 Å². The summed E-state index contributed by atoms with van der Waals surface area (Å²) in [6.45, 7) is 8.94. The summed E-state index contributed by atoms with van der Waals surface area (Å²) in [5.41, 5.74) is -3.50. The molecule has 1 unspecified atom stereocenters. The molecule has 0 fully saturated rings. The number of carbonyl (C=O) groups excluding carboxylic acids is 3. The molecule has 1 amide bonds. The zero-order valence-corrected chi connectivity index (χ0v) is 20.4. The summed E-state index contributed by atoms with van der Waals surface area (Å²) >= 11 is 0. The van der Waals surface area contributed by atoms with E-state index < -0.39 is 58.8 Å². The first-order chi connectivity index (χ1) is 16.4. The van der Waals surface area contributed by atoms with Gasteiger partial charge in [-0.3, -0.25) is 9.59 Å². The van der Waals surface area contributed by atoms with Gasteiger partial charge in [0.25, 0.3) is 5.91 Å². The molecule has 1 atom stereocenters. The molecule has 0 aliphatic carbocycles. The van der Waals surface area contributed by atoms with Gasteiger partial charge in [-0.25, -0.2) is 4.79 Å². The van der Waals surface area contributed by atoms with Gasteiger partial charge < -0.3 is 14.6 Å². The van der Waals surface area contributed by atoms with E-state index in [2.05, 4.69) is 4.98 Å². The zero-order valence-electron chi connectivity index (χ0n) is 20.4. The van der Waals surface area contributed by atoms with Crippen molar-refractivity contribution in [2.24, 2.45) is 0 Å².